The van der Waals surface area contributed by atoms with Crippen LogP contribution in [-0.4, -0.2) is 21.5 Å². The molecule has 1 amide bonds. The van der Waals surface area contributed by atoms with Crippen LogP contribution in [0.25, 0.3) is 0 Å². The molecule has 2 rings (SSSR count). The molecule has 0 unspecified atom stereocenters. The Balaban J connectivity index is 2.09. The second-order valence-corrected chi connectivity index (χ2v) is 5.96. The van der Waals surface area contributed by atoms with Gasteiger partial charge < -0.3 is 10.5 Å². The van der Waals surface area contributed by atoms with Gasteiger partial charge in [0, 0.05) is 6.07 Å². The van der Waals surface area contributed by atoms with E-state index in [0.29, 0.717) is 17.7 Å². The molecule has 0 spiro atoms. The summed E-state index contributed by atoms with van der Waals surface area (Å²) in [7, 11) is 0. The predicted octanol–water partition coefficient (Wildman–Crippen LogP) is 2.93. The van der Waals surface area contributed by atoms with Crippen molar-refractivity contribution in [1.29, 1.82) is 0 Å². The summed E-state index contributed by atoms with van der Waals surface area (Å²) in [6.07, 6.45) is 4.05. The van der Waals surface area contributed by atoms with Gasteiger partial charge in [-0.25, -0.2) is 9.48 Å². The minimum atomic E-state index is -0.520. The van der Waals surface area contributed by atoms with Gasteiger partial charge in [0.25, 0.3) is 0 Å². The maximum absolute atomic E-state index is 11.8. The molecular weight excluding hydrogens is 244 g/mol. The summed E-state index contributed by atoms with van der Waals surface area (Å²) in [5.41, 5.74) is 5.21. The molecular formula is C13H22N4O2. The van der Waals surface area contributed by atoms with Crippen LogP contribution < -0.4 is 11.1 Å². The Morgan fingerprint density at radius 1 is 1.47 bits per heavy atom. The third kappa shape index (κ3) is 3.62. The second-order valence-electron chi connectivity index (χ2n) is 5.96. The van der Waals surface area contributed by atoms with Gasteiger partial charge in [-0.05, 0) is 33.6 Å². The maximum atomic E-state index is 11.8. The van der Waals surface area contributed by atoms with Crippen molar-refractivity contribution in [3.8, 4) is 0 Å². The van der Waals surface area contributed by atoms with Gasteiger partial charge in [0.05, 0.1) is 6.04 Å². The molecule has 0 radical (unpaired) electrons. The van der Waals surface area contributed by atoms with Crippen LogP contribution in [0.4, 0.5) is 16.4 Å². The number of amides is 1. The molecule has 106 valence electrons. The van der Waals surface area contributed by atoms with E-state index in [0.717, 1.165) is 12.8 Å². The number of nitrogen functional groups attached to an aromatic ring is 1. The lowest BCUT2D eigenvalue weighted by molar-refractivity contribution is 0.0634. The first kappa shape index (κ1) is 13.7. The molecule has 6 nitrogen and oxygen atoms in total. The van der Waals surface area contributed by atoms with E-state index < -0.39 is 11.7 Å². The number of carbonyl (C=O) groups is 1. The monoisotopic (exact) mass is 266 g/mol. The van der Waals surface area contributed by atoms with Crippen LogP contribution in [-0.2, 0) is 4.74 Å². The van der Waals surface area contributed by atoms with Gasteiger partial charge in [-0.2, -0.15) is 5.10 Å². The van der Waals surface area contributed by atoms with Crippen LogP contribution in [0.3, 0.4) is 0 Å². The Labute approximate surface area is 113 Å². The van der Waals surface area contributed by atoms with E-state index in [1.165, 1.54) is 12.8 Å². The minimum absolute atomic E-state index is 0.322. The summed E-state index contributed by atoms with van der Waals surface area (Å²) in [6.45, 7) is 5.49. The summed E-state index contributed by atoms with van der Waals surface area (Å²) in [5.74, 6) is 1.02. The third-order valence-electron chi connectivity index (χ3n) is 3.05. The summed E-state index contributed by atoms with van der Waals surface area (Å²) in [4.78, 5) is 11.8. The van der Waals surface area contributed by atoms with E-state index in [-0.39, 0.29) is 0 Å². The fraction of sp³-hybridized carbons (Fsp3) is 0.692. The molecule has 1 aromatic rings. The zero-order valence-electron chi connectivity index (χ0n) is 11.8. The van der Waals surface area contributed by atoms with Crippen molar-refractivity contribution in [3.63, 3.8) is 0 Å². The molecule has 1 fully saturated rings. The second kappa shape index (κ2) is 5.11. The molecule has 0 atom stereocenters. The Morgan fingerprint density at radius 2 is 2.11 bits per heavy atom. The van der Waals surface area contributed by atoms with Crippen LogP contribution in [0.15, 0.2) is 6.07 Å². The SMILES string of the molecule is CC(C)(C)OC(=O)Nc1cc(N)nn1C1CCCC1. The Bertz CT molecular complexity index is 456. The van der Waals surface area contributed by atoms with Gasteiger partial charge in [0.15, 0.2) is 0 Å². The molecule has 0 saturated heterocycles. The van der Waals surface area contributed by atoms with Crippen LogP contribution in [0.1, 0.15) is 52.5 Å². The lowest BCUT2D eigenvalue weighted by Crippen LogP contribution is -2.28. The highest BCUT2D eigenvalue weighted by atomic mass is 16.6. The van der Waals surface area contributed by atoms with Gasteiger partial charge in [-0.3, -0.25) is 5.32 Å². The van der Waals surface area contributed by atoms with Crippen molar-refractivity contribution in [2.24, 2.45) is 0 Å². The van der Waals surface area contributed by atoms with Crippen LogP contribution in [0, 0.1) is 0 Å². The first-order valence-electron chi connectivity index (χ1n) is 6.70. The Hall–Kier alpha value is -1.72. The molecule has 1 saturated carbocycles. The highest BCUT2D eigenvalue weighted by molar-refractivity contribution is 5.84. The number of carbonyl (C=O) groups excluding carboxylic acids is 1. The Kier molecular flexibility index (Phi) is 3.68. The van der Waals surface area contributed by atoms with E-state index >= 15 is 0 Å². The van der Waals surface area contributed by atoms with Crippen molar-refractivity contribution in [3.05, 3.63) is 6.07 Å². The highest BCUT2D eigenvalue weighted by Gasteiger charge is 2.23. The fourth-order valence-electron chi connectivity index (χ4n) is 2.34. The van der Waals surface area contributed by atoms with Gasteiger partial charge in [0.2, 0.25) is 0 Å². The molecule has 1 aromatic heterocycles. The Morgan fingerprint density at radius 3 is 2.68 bits per heavy atom. The molecule has 0 aromatic carbocycles. The van der Waals surface area contributed by atoms with Crippen LogP contribution in [0.5, 0.6) is 0 Å². The number of hydrogen-bond acceptors (Lipinski definition) is 4. The molecule has 1 aliphatic rings. The summed E-state index contributed by atoms with van der Waals surface area (Å²) >= 11 is 0. The quantitative estimate of drug-likeness (QED) is 0.862. The summed E-state index contributed by atoms with van der Waals surface area (Å²) in [5, 5.41) is 6.99. The lowest BCUT2D eigenvalue weighted by atomic mass is 10.2. The first-order valence-corrected chi connectivity index (χ1v) is 6.70. The lowest BCUT2D eigenvalue weighted by Gasteiger charge is -2.20. The smallest absolute Gasteiger partial charge is 0.413 e. The zero-order valence-corrected chi connectivity index (χ0v) is 11.8. The van der Waals surface area contributed by atoms with E-state index in [1.807, 2.05) is 25.5 Å². The largest absolute Gasteiger partial charge is 0.444 e. The number of nitrogens with zero attached hydrogens (tertiary/aromatic N) is 2. The van der Waals surface area contributed by atoms with E-state index in [4.69, 9.17) is 10.5 Å². The standard InChI is InChI=1S/C13H22N4O2/c1-13(2,3)19-12(18)15-11-8-10(14)16-17(11)9-6-4-5-7-9/h8-9H,4-7H2,1-3H3,(H2,14,16)(H,15,18). The number of nitrogens with two attached hydrogens (primary N) is 1. The average molecular weight is 266 g/mol. The van der Waals surface area contributed by atoms with E-state index in [1.54, 1.807) is 6.07 Å². The number of ether oxygens (including phenoxy) is 1. The van der Waals surface area contributed by atoms with Gasteiger partial charge in [-0.15, -0.1) is 0 Å². The van der Waals surface area contributed by atoms with Gasteiger partial charge >= 0.3 is 6.09 Å². The molecule has 19 heavy (non-hydrogen) atoms. The summed E-state index contributed by atoms with van der Waals surface area (Å²) in [6, 6.07) is 1.99. The van der Waals surface area contributed by atoms with Crippen LogP contribution >= 0.6 is 0 Å². The fourth-order valence-corrected chi connectivity index (χ4v) is 2.34. The molecule has 3 N–H and O–H groups in total. The van der Waals surface area contributed by atoms with Crippen molar-refractivity contribution in [2.45, 2.75) is 58.1 Å². The number of aromatic nitrogens is 2. The van der Waals surface area contributed by atoms with E-state index in [9.17, 15) is 4.79 Å². The van der Waals surface area contributed by atoms with Gasteiger partial charge in [-0.1, -0.05) is 12.8 Å². The minimum Gasteiger partial charge on any atom is -0.444 e. The van der Waals surface area contributed by atoms with E-state index in [2.05, 4.69) is 10.4 Å². The number of nitrogens with one attached hydrogen (secondary N) is 1. The molecule has 1 heterocycles. The van der Waals surface area contributed by atoms with Crippen molar-refractivity contribution < 1.29 is 9.53 Å². The predicted molar refractivity (Wildman–Crippen MR) is 74.0 cm³/mol. The highest BCUT2D eigenvalue weighted by Crippen LogP contribution is 2.32. The first-order chi connectivity index (χ1) is 8.85. The summed E-state index contributed by atoms with van der Waals surface area (Å²) < 4.78 is 7.05. The topological polar surface area (TPSA) is 82.2 Å². The van der Waals surface area contributed by atoms with Crippen molar-refractivity contribution in [1.82, 2.24) is 9.78 Å². The van der Waals surface area contributed by atoms with Crippen molar-refractivity contribution in [2.75, 3.05) is 11.1 Å². The molecule has 6 heteroatoms. The maximum Gasteiger partial charge on any atom is 0.413 e. The van der Waals surface area contributed by atoms with Crippen molar-refractivity contribution >= 4 is 17.7 Å². The normalized spacial score (nSPS) is 16.6. The molecule has 0 aliphatic heterocycles. The number of rotatable bonds is 2. The molecule has 1 aliphatic carbocycles. The molecule has 0 bridgehead atoms. The number of anilines is 2. The average Bonchev–Trinajstić information content (AvgIpc) is 2.83. The van der Waals surface area contributed by atoms with Crippen LogP contribution in [0.2, 0.25) is 0 Å². The zero-order chi connectivity index (χ0) is 14.0. The van der Waals surface area contributed by atoms with Gasteiger partial charge in [0.1, 0.15) is 17.2 Å². The number of hydrogen-bond donors (Lipinski definition) is 2. The third-order valence-corrected chi connectivity index (χ3v) is 3.05.